The number of amides is 2. The van der Waals surface area contributed by atoms with Gasteiger partial charge in [0.2, 0.25) is 0 Å². The van der Waals surface area contributed by atoms with Gasteiger partial charge in [0.15, 0.2) is 0 Å². The van der Waals surface area contributed by atoms with E-state index in [-0.39, 0.29) is 16.0 Å². The van der Waals surface area contributed by atoms with E-state index >= 15 is 0 Å². The minimum atomic E-state index is -4.17. The predicted octanol–water partition coefficient (Wildman–Crippen LogP) is 3.34. The number of hydrogen-bond acceptors (Lipinski definition) is 4. The fourth-order valence-electron chi connectivity index (χ4n) is 2.94. The number of carbonyl (C=O) groups excluding carboxylic acids is 2. The van der Waals surface area contributed by atoms with Gasteiger partial charge in [-0.2, -0.15) is 4.31 Å². The number of benzene rings is 3. The van der Waals surface area contributed by atoms with Crippen LogP contribution in [-0.2, 0) is 10.0 Å². The molecule has 0 spiro atoms. The molecule has 3 aromatic carbocycles. The second-order valence-electron chi connectivity index (χ2n) is 5.82. The Morgan fingerprint density at radius 1 is 0.731 bits per heavy atom. The number of carbonyl (C=O) groups is 2. The van der Waals surface area contributed by atoms with E-state index < -0.39 is 21.8 Å². The molecule has 0 unspecified atom stereocenters. The van der Waals surface area contributed by atoms with Crippen molar-refractivity contribution in [2.75, 3.05) is 0 Å². The third kappa shape index (κ3) is 2.43. The Bertz CT molecular complexity index is 1120. The van der Waals surface area contributed by atoms with Crippen LogP contribution in [0.25, 0.3) is 11.1 Å². The lowest BCUT2D eigenvalue weighted by Crippen LogP contribution is -2.36. The average Bonchev–Trinajstić information content (AvgIpc) is 2.88. The molecule has 0 aliphatic carbocycles. The van der Waals surface area contributed by atoms with Gasteiger partial charge in [-0.3, -0.25) is 9.59 Å². The Balaban J connectivity index is 1.70. The van der Waals surface area contributed by atoms with Gasteiger partial charge in [-0.15, -0.1) is 0 Å². The topological polar surface area (TPSA) is 71.5 Å². The van der Waals surface area contributed by atoms with Crippen molar-refractivity contribution in [1.82, 2.24) is 4.31 Å². The first-order chi connectivity index (χ1) is 12.5. The highest BCUT2D eigenvalue weighted by Crippen LogP contribution is 2.31. The monoisotopic (exact) mass is 363 g/mol. The number of imide groups is 1. The summed E-state index contributed by atoms with van der Waals surface area (Å²) in [7, 11) is -4.17. The molecule has 1 aliphatic heterocycles. The smallest absolute Gasteiger partial charge is 0.267 e. The lowest BCUT2D eigenvalue weighted by Gasteiger charge is -2.13. The zero-order valence-corrected chi connectivity index (χ0v) is 14.3. The Kier molecular flexibility index (Phi) is 3.70. The maximum atomic E-state index is 12.7. The van der Waals surface area contributed by atoms with Crippen LogP contribution in [0.4, 0.5) is 0 Å². The minimum Gasteiger partial charge on any atom is -0.267 e. The molecule has 0 saturated heterocycles. The van der Waals surface area contributed by atoms with Crippen molar-refractivity contribution in [2.24, 2.45) is 0 Å². The van der Waals surface area contributed by atoms with Crippen molar-refractivity contribution in [3.63, 3.8) is 0 Å². The summed E-state index contributed by atoms with van der Waals surface area (Å²) < 4.78 is 25.5. The number of fused-ring (bicyclic) bond motifs is 1. The fraction of sp³-hybridized carbons (Fsp3) is 0. The molecule has 0 radical (unpaired) electrons. The lowest BCUT2D eigenvalue weighted by molar-refractivity contribution is 0.0740. The molecule has 1 heterocycles. The average molecular weight is 363 g/mol. The van der Waals surface area contributed by atoms with E-state index in [0.717, 1.165) is 11.1 Å². The van der Waals surface area contributed by atoms with Crippen LogP contribution in [0.5, 0.6) is 0 Å². The molecule has 5 nitrogen and oxygen atoms in total. The van der Waals surface area contributed by atoms with Gasteiger partial charge in [-0.1, -0.05) is 54.6 Å². The van der Waals surface area contributed by atoms with E-state index in [1.54, 1.807) is 18.2 Å². The molecule has 1 aliphatic rings. The van der Waals surface area contributed by atoms with Crippen LogP contribution in [0.1, 0.15) is 20.7 Å². The van der Waals surface area contributed by atoms with Gasteiger partial charge in [0, 0.05) is 5.56 Å². The third-order valence-corrected chi connectivity index (χ3v) is 5.97. The summed E-state index contributed by atoms with van der Waals surface area (Å²) in [6.07, 6.45) is 0. The molecule has 0 saturated carbocycles. The van der Waals surface area contributed by atoms with Gasteiger partial charge >= 0.3 is 0 Å². The van der Waals surface area contributed by atoms with E-state index in [1.807, 2.05) is 30.3 Å². The molecule has 4 rings (SSSR count). The summed E-state index contributed by atoms with van der Waals surface area (Å²) >= 11 is 0. The summed E-state index contributed by atoms with van der Waals surface area (Å²) in [4.78, 5) is 25.0. The van der Waals surface area contributed by atoms with E-state index in [9.17, 15) is 18.0 Å². The van der Waals surface area contributed by atoms with Crippen molar-refractivity contribution >= 4 is 21.8 Å². The molecule has 3 aromatic rings. The lowest BCUT2D eigenvalue weighted by atomic mass is 10.0. The molecule has 0 N–H and O–H groups in total. The zero-order valence-electron chi connectivity index (χ0n) is 13.5. The number of sulfonamides is 1. The van der Waals surface area contributed by atoms with E-state index in [2.05, 4.69) is 0 Å². The standard InChI is InChI=1S/C20H13NO4S/c22-19(16-12-10-15(11-13-16)14-6-2-1-3-7-14)21-20(23)17-8-4-5-9-18(17)26(21,24)25/h1-13H. The van der Waals surface area contributed by atoms with Crippen molar-refractivity contribution < 1.29 is 18.0 Å². The number of nitrogens with zero attached hydrogens (tertiary/aromatic N) is 1. The minimum absolute atomic E-state index is 0.0155. The van der Waals surface area contributed by atoms with Crippen molar-refractivity contribution in [1.29, 1.82) is 0 Å². The summed E-state index contributed by atoms with van der Waals surface area (Å²) in [5, 5.41) is 0. The molecular weight excluding hydrogens is 350 g/mol. The fourth-order valence-corrected chi connectivity index (χ4v) is 4.46. The highest BCUT2D eigenvalue weighted by atomic mass is 32.2. The third-order valence-electron chi connectivity index (χ3n) is 4.24. The molecule has 0 fully saturated rings. The van der Waals surface area contributed by atoms with Crippen LogP contribution in [0, 0.1) is 0 Å². The second-order valence-corrected chi connectivity index (χ2v) is 7.57. The first-order valence-electron chi connectivity index (χ1n) is 7.88. The van der Waals surface area contributed by atoms with E-state index in [4.69, 9.17) is 0 Å². The van der Waals surface area contributed by atoms with Gasteiger partial charge in [0.25, 0.3) is 21.8 Å². The summed E-state index contributed by atoms with van der Waals surface area (Å²) in [6, 6.07) is 21.9. The SMILES string of the molecule is O=C(c1ccc(-c2ccccc2)cc1)N1C(=O)c2ccccc2S1(=O)=O. The molecule has 6 heteroatoms. The maximum Gasteiger partial charge on any atom is 0.276 e. The maximum absolute atomic E-state index is 12.7. The first-order valence-corrected chi connectivity index (χ1v) is 9.32. The van der Waals surface area contributed by atoms with Crippen molar-refractivity contribution in [3.8, 4) is 11.1 Å². The van der Waals surface area contributed by atoms with Gasteiger partial charge in [0.1, 0.15) is 4.90 Å². The predicted molar refractivity (Wildman–Crippen MR) is 96.0 cm³/mol. The number of rotatable bonds is 2. The quantitative estimate of drug-likeness (QED) is 0.655. The van der Waals surface area contributed by atoms with Gasteiger partial charge < -0.3 is 0 Å². The van der Waals surface area contributed by atoms with E-state index in [0.29, 0.717) is 4.31 Å². The molecule has 2 amide bonds. The number of hydrogen-bond donors (Lipinski definition) is 0. The van der Waals surface area contributed by atoms with Crippen LogP contribution in [0.15, 0.2) is 83.8 Å². The largest absolute Gasteiger partial charge is 0.276 e. The second kappa shape index (κ2) is 5.93. The van der Waals surface area contributed by atoms with Crippen molar-refractivity contribution in [3.05, 3.63) is 90.0 Å². The van der Waals surface area contributed by atoms with Crippen LogP contribution in [0.3, 0.4) is 0 Å². The summed E-state index contributed by atoms with van der Waals surface area (Å²) in [6.45, 7) is 0. The molecule has 128 valence electrons. The highest BCUT2D eigenvalue weighted by Gasteiger charge is 2.45. The molecule has 0 bridgehead atoms. The molecule has 0 atom stereocenters. The Labute approximate surface area is 150 Å². The van der Waals surface area contributed by atoms with E-state index in [1.165, 1.54) is 30.3 Å². The van der Waals surface area contributed by atoms with Crippen LogP contribution < -0.4 is 0 Å². The Morgan fingerprint density at radius 2 is 1.31 bits per heavy atom. The van der Waals surface area contributed by atoms with Gasteiger partial charge in [-0.05, 0) is 35.4 Å². The van der Waals surface area contributed by atoms with Gasteiger partial charge in [0.05, 0.1) is 5.56 Å². The van der Waals surface area contributed by atoms with Gasteiger partial charge in [-0.25, -0.2) is 8.42 Å². The molecule has 26 heavy (non-hydrogen) atoms. The molecular formula is C20H13NO4S. The first kappa shape index (κ1) is 16.2. The Hall–Kier alpha value is -3.25. The summed E-state index contributed by atoms with van der Waals surface area (Å²) in [5.41, 5.74) is 2.01. The molecule has 0 aromatic heterocycles. The van der Waals surface area contributed by atoms with Crippen LogP contribution in [0.2, 0.25) is 0 Å². The summed E-state index contributed by atoms with van der Waals surface area (Å²) in [5.74, 6) is -1.68. The normalized spacial score (nSPS) is 14.9. The van der Waals surface area contributed by atoms with Crippen LogP contribution >= 0.6 is 0 Å². The zero-order chi connectivity index (χ0) is 18.3. The van der Waals surface area contributed by atoms with Crippen molar-refractivity contribution in [2.45, 2.75) is 4.90 Å². The van der Waals surface area contributed by atoms with Crippen LogP contribution in [-0.4, -0.2) is 24.5 Å². The Morgan fingerprint density at radius 3 is 1.96 bits per heavy atom. The highest BCUT2D eigenvalue weighted by molar-refractivity contribution is 7.90.